The lowest BCUT2D eigenvalue weighted by atomic mass is 10.3. The number of nitrogens with zero attached hydrogens (tertiary/aromatic N) is 3. The Labute approximate surface area is 101 Å². The Morgan fingerprint density at radius 1 is 1.41 bits per heavy atom. The van der Waals surface area contributed by atoms with Crippen LogP contribution in [-0.4, -0.2) is 49.9 Å². The number of anilines is 1. The summed E-state index contributed by atoms with van der Waals surface area (Å²) >= 11 is 0. The second-order valence-corrected chi connectivity index (χ2v) is 3.84. The van der Waals surface area contributed by atoms with Crippen LogP contribution in [0.15, 0.2) is 6.07 Å². The van der Waals surface area contributed by atoms with E-state index >= 15 is 0 Å². The number of methoxy groups -OCH3 is 1. The summed E-state index contributed by atoms with van der Waals surface area (Å²) in [4.78, 5) is 11.0. The molecule has 94 valence electrons. The molecule has 2 heterocycles. The molecule has 17 heavy (non-hydrogen) atoms. The Balaban J connectivity index is 2.21. The number of ether oxygens (including phenoxy) is 2. The molecule has 0 aliphatic carbocycles. The van der Waals surface area contributed by atoms with Crippen LogP contribution in [0.25, 0.3) is 0 Å². The van der Waals surface area contributed by atoms with Crippen molar-refractivity contribution in [2.24, 2.45) is 5.73 Å². The number of rotatable bonds is 4. The van der Waals surface area contributed by atoms with E-state index in [-0.39, 0.29) is 0 Å². The van der Waals surface area contributed by atoms with Gasteiger partial charge in [0.15, 0.2) is 0 Å². The van der Waals surface area contributed by atoms with Crippen molar-refractivity contribution >= 4 is 5.95 Å². The highest BCUT2D eigenvalue weighted by Gasteiger charge is 2.15. The van der Waals surface area contributed by atoms with Gasteiger partial charge in [-0.25, -0.2) is 4.98 Å². The average molecular weight is 238 g/mol. The van der Waals surface area contributed by atoms with Gasteiger partial charge in [-0.1, -0.05) is 0 Å². The topological polar surface area (TPSA) is 73.5 Å². The van der Waals surface area contributed by atoms with E-state index in [0.29, 0.717) is 31.6 Å². The first-order chi connectivity index (χ1) is 8.33. The first-order valence-electron chi connectivity index (χ1n) is 5.78. The predicted octanol–water partition coefficient (Wildman–Crippen LogP) is -0.177. The highest BCUT2D eigenvalue weighted by molar-refractivity contribution is 5.35. The van der Waals surface area contributed by atoms with Crippen molar-refractivity contribution in [3.05, 3.63) is 11.8 Å². The van der Waals surface area contributed by atoms with Gasteiger partial charge in [0.1, 0.15) is 0 Å². The molecule has 0 radical (unpaired) electrons. The SMILES string of the molecule is COc1cc(CCN)nc(N2CCOCC2)n1. The van der Waals surface area contributed by atoms with E-state index in [4.69, 9.17) is 15.2 Å². The van der Waals surface area contributed by atoms with E-state index in [2.05, 4.69) is 14.9 Å². The van der Waals surface area contributed by atoms with Crippen LogP contribution >= 0.6 is 0 Å². The van der Waals surface area contributed by atoms with Gasteiger partial charge >= 0.3 is 0 Å². The fraction of sp³-hybridized carbons (Fsp3) is 0.636. The zero-order valence-corrected chi connectivity index (χ0v) is 10.1. The zero-order valence-electron chi connectivity index (χ0n) is 10.1. The Hall–Kier alpha value is -1.40. The van der Waals surface area contributed by atoms with Gasteiger partial charge in [-0.3, -0.25) is 0 Å². The average Bonchev–Trinajstić information content (AvgIpc) is 2.40. The molecule has 1 aromatic heterocycles. The lowest BCUT2D eigenvalue weighted by molar-refractivity contribution is 0.122. The smallest absolute Gasteiger partial charge is 0.229 e. The standard InChI is InChI=1S/C11H18N4O2/c1-16-10-8-9(2-3-12)13-11(14-10)15-4-6-17-7-5-15/h8H,2-7,12H2,1H3. The van der Waals surface area contributed by atoms with Crippen molar-refractivity contribution in [2.45, 2.75) is 6.42 Å². The van der Waals surface area contributed by atoms with Crippen LogP contribution in [0.4, 0.5) is 5.95 Å². The van der Waals surface area contributed by atoms with Crippen LogP contribution in [0.5, 0.6) is 5.88 Å². The number of hydrogen-bond acceptors (Lipinski definition) is 6. The van der Waals surface area contributed by atoms with Crippen molar-refractivity contribution in [3.8, 4) is 5.88 Å². The van der Waals surface area contributed by atoms with Crippen LogP contribution in [0, 0.1) is 0 Å². The third-order valence-electron chi connectivity index (χ3n) is 2.65. The van der Waals surface area contributed by atoms with Crippen molar-refractivity contribution < 1.29 is 9.47 Å². The molecule has 1 saturated heterocycles. The summed E-state index contributed by atoms with van der Waals surface area (Å²) < 4.78 is 10.5. The molecule has 0 bridgehead atoms. The van der Waals surface area contributed by atoms with E-state index in [1.165, 1.54) is 0 Å². The van der Waals surface area contributed by atoms with Crippen molar-refractivity contribution in [1.82, 2.24) is 9.97 Å². The fourth-order valence-corrected chi connectivity index (χ4v) is 1.74. The summed E-state index contributed by atoms with van der Waals surface area (Å²) in [6.07, 6.45) is 0.732. The maximum absolute atomic E-state index is 5.55. The Morgan fingerprint density at radius 3 is 2.82 bits per heavy atom. The van der Waals surface area contributed by atoms with Gasteiger partial charge in [0.25, 0.3) is 0 Å². The second kappa shape index (κ2) is 5.79. The van der Waals surface area contributed by atoms with Crippen molar-refractivity contribution in [1.29, 1.82) is 0 Å². The van der Waals surface area contributed by atoms with E-state index in [1.54, 1.807) is 7.11 Å². The van der Waals surface area contributed by atoms with Crippen LogP contribution in [0.2, 0.25) is 0 Å². The monoisotopic (exact) mass is 238 g/mol. The summed E-state index contributed by atoms with van der Waals surface area (Å²) in [7, 11) is 1.61. The fourth-order valence-electron chi connectivity index (χ4n) is 1.74. The number of aromatic nitrogens is 2. The minimum absolute atomic E-state index is 0.572. The van der Waals surface area contributed by atoms with Crippen LogP contribution in [-0.2, 0) is 11.2 Å². The molecule has 0 amide bonds. The molecule has 6 nitrogen and oxygen atoms in total. The first-order valence-corrected chi connectivity index (χ1v) is 5.78. The maximum Gasteiger partial charge on any atom is 0.229 e. The normalized spacial score (nSPS) is 16.0. The number of morpholine rings is 1. The predicted molar refractivity (Wildman–Crippen MR) is 64.4 cm³/mol. The molecule has 0 saturated carbocycles. The lowest BCUT2D eigenvalue weighted by Crippen LogP contribution is -2.37. The first kappa shape index (κ1) is 12.1. The molecule has 1 fully saturated rings. The van der Waals surface area contributed by atoms with E-state index < -0.39 is 0 Å². The largest absolute Gasteiger partial charge is 0.481 e. The molecular weight excluding hydrogens is 220 g/mol. The molecule has 1 aliphatic rings. The molecule has 1 aromatic rings. The van der Waals surface area contributed by atoms with Gasteiger partial charge in [-0.05, 0) is 6.54 Å². The maximum atomic E-state index is 5.55. The molecule has 0 unspecified atom stereocenters. The summed E-state index contributed by atoms with van der Waals surface area (Å²) in [5.41, 5.74) is 6.46. The summed E-state index contributed by atoms with van der Waals surface area (Å²) in [6, 6.07) is 1.83. The minimum Gasteiger partial charge on any atom is -0.481 e. The highest BCUT2D eigenvalue weighted by atomic mass is 16.5. The van der Waals surface area contributed by atoms with Gasteiger partial charge in [0, 0.05) is 25.6 Å². The van der Waals surface area contributed by atoms with E-state index in [1.807, 2.05) is 6.07 Å². The van der Waals surface area contributed by atoms with E-state index in [0.717, 1.165) is 25.2 Å². The van der Waals surface area contributed by atoms with E-state index in [9.17, 15) is 0 Å². The van der Waals surface area contributed by atoms with Crippen LogP contribution in [0.1, 0.15) is 5.69 Å². The molecule has 6 heteroatoms. The molecular formula is C11H18N4O2. The summed E-state index contributed by atoms with van der Waals surface area (Å²) in [6.45, 7) is 3.63. The van der Waals surface area contributed by atoms with Crippen molar-refractivity contribution in [2.75, 3.05) is 44.9 Å². The molecule has 0 spiro atoms. The molecule has 0 atom stereocenters. The van der Waals surface area contributed by atoms with Gasteiger partial charge in [-0.2, -0.15) is 4.98 Å². The van der Waals surface area contributed by atoms with Gasteiger partial charge < -0.3 is 20.1 Å². The highest BCUT2D eigenvalue weighted by Crippen LogP contribution is 2.16. The second-order valence-electron chi connectivity index (χ2n) is 3.84. The third-order valence-corrected chi connectivity index (χ3v) is 2.65. The van der Waals surface area contributed by atoms with Crippen molar-refractivity contribution in [3.63, 3.8) is 0 Å². The Kier molecular flexibility index (Phi) is 4.11. The third kappa shape index (κ3) is 3.04. The number of nitrogens with two attached hydrogens (primary N) is 1. The number of hydrogen-bond donors (Lipinski definition) is 1. The minimum atomic E-state index is 0.572. The quantitative estimate of drug-likeness (QED) is 0.784. The lowest BCUT2D eigenvalue weighted by Gasteiger charge is -2.27. The molecule has 2 rings (SSSR count). The van der Waals surface area contributed by atoms with Crippen LogP contribution in [0.3, 0.4) is 0 Å². The molecule has 0 aromatic carbocycles. The molecule has 1 aliphatic heterocycles. The van der Waals surface area contributed by atoms with Gasteiger partial charge in [0.05, 0.1) is 26.0 Å². The van der Waals surface area contributed by atoms with Crippen LogP contribution < -0.4 is 15.4 Å². The Bertz CT molecular complexity index is 366. The summed E-state index contributed by atoms with van der Waals surface area (Å²) in [5.74, 6) is 1.29. The van der Waals surface area contributed by atoms with Gasteiger partial charge in [-0.15, -0.1) is 0 Å². The zero-order chi connectivity index (χ0) is 12.1. The van der Waals surface area contributed by atoms with Gasteiger partial charge in [0.2, 0.25) is 11.8 Å². The molecule has 2 N–H and O–H groups in total. The summed E-state index contributed by atoms with van der Waals surface area (Å²) in [5, 5.41) is 0. The Morgan fingerprint density at radius 2 is 2.18 bits per heavy atom.